The number of hydrogen-bond donors (Lipinski definition) is 1. The van der Waals surface area contributed by atoms with E-state index in [2.05, 4.69) is 16.4 Å². The summed E-state index contributed by atoms with van der Waals surface area (Å²) in [6, 6.07) is 9.01. The lowest BCUT2D eigenvalue weighted by atomic mass is 10.2. The number of pyridine rings is 1. The predicted molar refractivity (Wildman–Crippen MR) is 65.9 cm³/mol. The number of furan rings is 1. The Labute approximate surface area is 105 Å². The van der Waals surface area contributed by atoms with Gasteiger partial charge in [-0.25, -0.2) is 4.98 Å². The maximum Gasteiger partial charge on any atom is 0.144 e. The molecule has 0 aliphatic carbocycles. The monoisotopic (exact) mass is 243 g/mol. The van der Waals surface area contributed by atoms with Crippen molar-refractivity contribution in [2.45, 2.75) is 6.04 Å². The molecule has 2 rings (SSSR count). The Morgan fingerprint density at radius 1 is 1.50 bits per heavy atom. The van der Waals surface area contributed by atoms with Crippen molar-refractivity contribution in [1.29, 1.82) is 5.26 Å². The summed E-state index contributed by atoms with van der Waals surface area (Å²) in [6.07, 6.45) is 3.23. The Balaban J connectivity index is 2.22. The van der Waals surface area contributed by atoms with Gasteiger partial charge < -0.3 is 14.5 Å². The minimum absolute atomic E-state index is 0.174. The van der Waals surface area contributed by atoms with Crippen LogP contribution in [-0.4, -0.2) is 18.7 Å². The molecule has 18 heavy (non-hydrogen) atoms. The minimum atomic E-state index is -0.174. The molecule has 0 amide bonds. The topological polar surface area (TPSA) is 71.1 Å². The highest BCUT2D eigenvalue weighted by Gasteiger charge is 2.16. The summed E-state index contributed by atoms with van der Waals surface area (Å²) in [5, 5.41) is 12.2. The van der Waals surface area contributed by atoms with E-state index in [-0.39, 0.29) is 6.04 Å². The fraction of sp³-hybridized carbons (Fsp3) is 0.231. The summed E-state index contributed by atoms with van der Waals surface area (Å²) in [6.45, 7) is 0.426. The first-order valence-electron chi connectivity index (χ1n) is 5.49. The molecule has 1 unspecified atom stereocenters. The van der Waals surface area contributed by atoms with Crippen molar-refractivity contribution in [3.05, 3.63) is 48.0 Å². The van der Waals surface area contributed by atoms with Gasteiger partial charge >= 0.3 is 0 Å². The van der Waals surface area contributed by atoms with Gasteiger partial charge in [-0.15, -0.1) is 0 Å². The number of methoxy groups -OCH3 is 1. The second-order valence-electron chi connectivity index (χ2n) is 3.68. The molecule has 0 spiro atoms. The zero-order chi connectivity index (χ0) is 12.8. The van der Waals surface area contributed by atoms with E-state index in [1.54, 1.807) is 31.7 Å². The van der Waals surface area contributed by atoms with E-state index in [4.69, 9.17) is 14.4 Å². The van der Waals surface area contributed by atoms with Crippen molar-refractivity contribution in [2.24, 2.45) is 0 Å². The van der Waals surface area contributed by atoms with Crippen LogP contribution in [0.5, 0.6) is 0 Å². The molecule has 1 N–H and O–H groups in total. The van der Waals surface area contributed by atoms with Gasteiger partial charge in [0, 0.05) is 13.3 Å². The highest BCUT2D eigenvalue weighted by Crippen LogP contribution is 2.21. The fourth-order valence-corrected chi connectivity index (χ4v) is 1.63. The smallest absolute Gasteiger partial charge is 0.144 e. The van der Waals surface area contributed by atoms with Crippen molar-refractivity contribution in [2.75, 3.05) is 19.0 Å². The third-order valence-electron chi connectivity index (χ3n) is 2.46. The van der Waals surface area contributed by atoms with E-state index < -0.39 is 0 Å². The van der Waals surface area contributed by atoms with E-state index in [1.807, 2.05) is 12.1 Å². The molecule has 0 aromatic carbocycles. The van der Waals surface area contributed by atoms with Crippen LogP contribution in [0.25, 0.3) is 0 Å². The van der Waals surface area contributed by atoms with Gasteiger partial charge in [-0.3, -0.25) is 0 Å². The van der Waals surface area contributed by atoms with Crippen LogP contribution in [0, 0.1) is 11.3 Å². The molecule has 0 aliphatic heterocycles. The van der Waals surface area contributed by atoms with Crippen LogP contribution in [0.1, 0.15) is 17.4 Å². The molecule has 92 valence electrons. The number of hydrogen-bond acceptors (Lipinski definition) is 5. The molecule has 2 aromatic rings. The van der Waals surface area contributed by atoms with Gasteiger partial charge in [-0.1, -0.05) is 0 Å². The largest absolute Gasteiger partial charge is 0.467 e. The maximum atomic E-state index is 9.01. The molecule has 0 aliphatic rings. The average Bonchev–Trinajstić information content (AvgIpc) is 2.92. The van der Waals surface area contributed by atoms with Crippen molar-refractivity contribution >= 4 is 5.82 Å². The van der Waals surface area contributed by atoms with Crippen LogP contribution in [0.2, 0.25) is 0 Å². The summed E-state index contributed by atoms with van der Waals surface area (Å²) in [5.74, 6) is 1.27. The Morgan fingerprint density at radius 3 is 3.06 bits per heavy atom. The number of anilines is 1. The summed E-state index contributed by atoms with van der Waals surface area (Å²) >= 11 is 0. The summed E-state index contributed by atoms with van der Waals surface area (Å²) < 4.78 is 10.5. The number of aromatic nitrogens is 1. The zero-order valence-electron chi connectivity index (χ0n) is 9.96. The molecule has 0 saturated heterocycles. The minimum Gasteiger partial charge on any atom is -0.467 e. The van der Waals surface area contributed by atoms with Gasteiger partial charge in [0.2, 0.25) is 0 Å². The predicted octanol–water partition coefficient (Wildman–Crippen LogP) is 2.35. The Kier molecular flexibility index (Phi) is 3.94. The molecule has 2 heterocycles. The lowest BCUT2D eigenvalue weighted by Crippen LogP contribution is -2.17. The summed E-state index contributed by atoms with van der Waals surface area (Å²) in [5.41, 5.74) is 0.491. The Morgan fingerprint density at radius 2 is 2.39 bits per heavy atom. The lowest BCUT2D eigenvalue weighted by molar-refractivity contribution is 0.178. The SMILES string of the molecule is COCC(Nc1ncccc1C#N)c1ccco1. The quantitative estimate of drug-likeness (QED) is 0.872. The molecule has 2 aromatic heterocycles. The van der Waals surface area contributed by atoms with Crippen LogP contribution >= 0.6 is 0 Å². The van der Waals surface area contributed by atoms with Crippen LogP contribution in [-0.2, 0) is 4.74 Å². The maximum absolute atomic E-state index is 9.01. The first-order valence-corrected chi connectivity index (χ1v) is 5.49. The third-order valence-corrected chi connectivity index (χ3v) is 2.46. The molecular formula is C13H13N3O2. The van der Waals surface area contributed by atoms with Crippen molar-refractivity contribution in [3.63, 3.8) is 0 Å². The molecule has 0 saturated carbocycles. The molecule has 0 fully saturated rings. The number of ether oxygens (including phenoxy) is 1. The van der Waals surface area contributed by atoms with E-state index in [0.717, 1.165) is 5.76 Å². The second-order valence-corrected chi connectivity index (χ2v) is 3.68. The Hall–Kier alpha value is -2.32. The van der Waals surface area contributed by atoms with Crippen LogP contribution in [0.3, 0.4) is 0 Å². The molecule has 5 nitrogen and oxygen atoms in total. The zero-order valence-corrected chi connectivity index (χ0v) is 9.96. The third kappa shape index (κ3) is 2.67. The van der Waals surface area contributed by atoms with Crippen LogP contribution in [0.15, 0.2) is 41.1 Å². The first kappa shape index (κ1) is 12.1. The van der Waals surface area contributed by atoms with E-state index in [0.29, 0.717) is 18.0 Å². The van der Waals surface area contributed by atoms with Crippen molar-refractivity contribution in [3.8, 4) is 6.07 Å². The van der Waals surface area contributed by atoms with E-state index in [9.17, 15) is 0 Å². The molecule has 5 heteroatoms. The lowest BCUT2D eigenvalue weighted by Gasteiger charge is -2.16. The first-order chi connectivity index (χ1) is 8.85. The van der Waals surface area contributed by atoms with Gasteiger partial charge in [-0.2, -0.15) is 5.26 Å². The molecule has 0 radical (unpaired) electrons. The molecule has 1 atom stereocenters. The number of rotatable bonds is 5. The van der Waals surface area contributed by atoms with Crippen LogP contribution < -0.4 is 5.32 Å². The number of nitrogens with zero attached hydrogens (tertiary/aromatic N) is 2. The Bertz CT molecular complexity index is 531. The van der Waals surface area contributed by atoms with Gasteiger partial charge in [0.15, 0.2) is 0 Å². The van der Waals surface area contributed by atoms with Gasteiger partial charge in [0.25, 0.3) is 0 Å². The number of nitriles is 1. The average molecular weight is 243 g/mol. The van der Waals surface area contributed by atoms with E-state index in [1.165, 1.54) is 0 Å². The summed E-state index contributed by atoms with van der Waals surface area (Å²) in [7, 11) is 1.61. The van der Waals surface area contributed by atoms with Gasteiger partial charge in [-0.05, 0) is 24.3 Å². The van der Waals surface area contributed by atoms with Crippen molar-refractivity contribution < 1.29 is 9.15 Å². The van der Waals surface area contributed by atoms with Gasteiger partial charge in [0.05, 0.1) is 18.4 Å². The highest BCUT2D eigenvalue weighted by atomic mass is 16.5. The normalized spacial score (nSPS) is 11.8. The van der Waals surface area contributed by atoms with Crippen molar-refractivity contribution in [1.82, 2.24) is 4.98 Å². The molecule has 0 bridgehead atoms. The number of nitrogens with one attached hydrogen (secondary N) is 1. The van der Waals surface area contributed by atoms with Crippen LogP contribution in [0.4, 0.5) is 5.82 Å². The summed E-state index contributed by atoms with van der Waals surface area (Å²) in [4.78, 5) is 4.15. The highest BCUT2D eigenvalue weighted by molar-refractivity contribution is 5.52. The second kappa shape index (κ2) is 5.84. The van der Waals surface area contributed by atoms with Gasteiger partial charge in [0.1, 0.15) is 23.7 Å². The molecular weight excluding hydrogens is 230 g/mol. The fourth-order valence-electron chi connectivity index (χ4n) is 1.63. The standard InChI is InChI=1S/C13H13N3O2/c1-17-9-11(12-5-3-7-18-12)16-13-10(8-14)4-2-6-15-13/h2-7,11H,9H2,1H3,(H,15,16). The van der Waals surface area contributed by atoms with E-state index >= 15 is 0 Å².